The van der Waals surface area contributed by atoms with Crippen molar-refractivity contribution in [2.45, 2.75) is 13.5 Å². The maximum atomic E-state index is 5.72. The van der Waals surface area contributed by atoms with Crippen LogP contribution in [0.4, 0.5) is 17.6 Å². The Morgan fingerprint density at radius 3 is 2.63 bits per heavy atom. The van der Waals surface area contributed by atoms with Gasteiger partial charge in [-0.3, -0.25) is 4.98 Å². The summed E-state index contributed by atoms with van der Waals surface area (Å²) < 4.78 is 0. The molecule has 2 aromatic heterocycles. The number of hydrogen-bond acceptors (Lipinski definition) is 6. The fourth-order valence-corrected chi connectivity index (χ4v) is 1.81. The molecule has 0 aliphatic rings. The summed E-state index contributed by atoms with van der Waals surface area (Å²) in [6.45, 7) is 3.68. The summed E-state index contributed by atoms with van der Waals surface area (Å²) in [5, 5.41) is 2.98. The minimum atomic E-state index is 0.273. The summed E-state index contributed by atoms with van der Waals surface area (Å²) in [6.07, 6.45) is 3.58. The molecular weight excluding hydrogens is 240 g/mol. The summed E-state index contributed by atoms with van der Waals surface area (Å²) in [5.74, 6) is 1.81. The third kappa shape index (κ3) is 3.31. The Morgan fingerprint density at radius 1 is 1.26 bits per heavy atom. The minimum absolute atomic E-state index is 0.273. The second-order valence-electron chi connectivity index (χ2n) is 4.09. The standard InChI is InChI=1S/C13H18N6/c1-3-19(9-10-4-6-16-7-5-10)12-8-11(15-2)17-13(14)18-12/h4-8H,3,9H2,1-2H3,(H3,14,15,17,18). The van der Waals surface area contributed by atoms with Gasteiger partial charge < -0.3 is 16.0 Å². The molecule has 0 saturated carbocycles. The van der Waals surface area contributed by atoms with Crippen LogP contribution in [0.2, 0.25) is 0 Å². The molecule has 0 aliphatic heterocycles. The molecule has 0 aromatic carbocycles. The lowest BCUT2D eigenvalue weighted by Gasteiger charge is -2.22. The molecule has 100 valence electrons. The Labute approximate surface area is 112 Å². The van der Waals surface area contributed by atoms with E-state index in [0.717, 1.165) is 24.7 Å². The first-order valence-electron chi connectivity index (χ1n) is 6.19. The summed E-state index contributed by atoms with van der Waals surface area (Å²) in [5.41, 5.74) is 6.90. The van der Waals surface area contributed by atoms with Gasteiger partial charge in [-0.15, -0.1) is 0 Å². The van der Waals surface area contributed by atoms with E-state index in [1.807, 2.05) is 25.2 Å². The Balaban J connectivity index is 2.24. The van der Waals surface area contributed by atoms with Gasteiger partial charge in [-0.1, -0.05) is 0 Å². The summed E-state index contributed by atoms with van der Waals surface area (Å²) >= 11 is 0. The highest BCUT2D eigenvalue weighted by molar-refractivity contribution is 5.52. The van der Waals surface area contributed by atoms with Gasteiger partial charge in [0.05, 0.1) is 0 Å². The number of hydrogen-bond donors (Lipinski definition) is 2. The van der Waals surface area contributed by atoms with Crippen molar-refractivity contribution >= 4 is 17.6 Å². The van der Waals surface area contributed by atoms with Crippen molar-refractivity contribution in [3.05, 3.63) is 36.2 Å². The van der Waals surface area contributed by atoms with E-state index < -0.39 is 0 Å². The Hall–Kier alpha value is -2.37. The normalized spacial score (nSPS) is 10.2. The molecule has 2 rings (SSSR count). The molecule has 0 amide bonds. The topological polar surface area (TPSA) is 80.0 Å². The van der Waals surface area contributed by atoms with Gasteiger partial charge in [0.2, 0.25) is 5.95 Å². The summed E-state index contributed by atoms with van der Waals surface area (Å²) in [6, 6.07) is 5.87. The van der Waals surface area contributed by atoms with Crippen LogP contribution in [-0.2, 0) is 6.54 Å². The molecule has 0 atom stereocenters. The molecule has 2 aromatic rings. The number of pyridine rings is 1. The van der Waals surface area contributed by atoms with Crippen molar-refractivity contribution in [3.63, 3.8) is 0 Å². The number of nitrogens with zero attached hydrogens (tertiary/aromatic N) is 4. The number of nitrogens with two attached hydrogens (primary N) is 1. The fourth-order valence-electron chi connectivity index (χ4n) is 1.81. The van der Waals surface area contributed by atoms with Crippen molar-refractivity contribution in [1.82, 2.24) is 15.0 Å². The smallest absolute Gasteiger partial charge is 0.223 e. The second kappa shape index (κ2) is 5.99. The molecule has 0 fully saturated rings. The molecule has 6 heteroatoms. The van der Waals surface area contributed by atoms with Crippen molar-refractivity contribution in [2.24, 2.45) is 0 Å². The number of rotatable bonds is 5. The van der Waals surface area contributed by atoms with Crippen LogP contribution >= 0.6 is 0 Å². The molecule has 3 N–H and O–H groups in total. The highest BCUT2D eigenvalue weighted by atomic mass is 15.2. The van der Waals surface area contributed by atoms with Crippen LogP contribution in [0.3, 0.4) is 0 Å². The zero-order valence-electron chi connectivity index (χ0n) is 11.2. The Kier molecular flexibility index (Phi) is 4.12. The zero-order valence-corrected chi connectivity index (χ0v) is 11.2. The maximum absolute atomic E-state index is 5.72. The van der Waals surface area contributed by atoms with E-state index in [2.05, 4.69) is 32.1 Å². The summed E-state index contributed by atoms with van der Waals surface area (Å²) in [7, 11) is 1.81. The number of nitrogens with one attached hydrogen (secondary N) is 1. The Bertz CT molecular complexity index is 528. The number of nitrogen functional groups attached to an aromatic ring is 1. The van der Waals surface area contributed by atoms with Crippen molar-refractivity contribution in [3.8, 4) is 0 Å². The molecule has 6 nitrogen and oxygen atoms in total. The lowest BCUT2D eigenvalue weighted by atomic mass is 10.2. The van der Waals surface area contributed by atoms with Gasteiger partial charge in [-0.05, 0) is 24.6 Å². The summed E-state index contributed by atoms with van der Waals surface area (Å²) in [4.78, 5) is 14.5. The van der Waals surface area contributed by atoms with E-state index in [-0.39, 0.29) is 5.95 Å². The molecule has 0 unspecified atom stereocenters. The second-order valence-corrected chi connectivity index (χ2v) is 4.09. The zero-order chi connectivity index (χ0) is 13.7. The van der Waals surface area contributed by atoms with E-state index in [1.165, 1.54) is 5.56 Å². The van der Waals surface area contributed by atoms with Crippen molar-refractivity contribution in [2.75, 3.05) is 29.5 Å². The SMILES string of the molecule is CCN(Cc1ccncc1)c1cc(NC)nc(N)n1. The molecule has 0 spiro atoms. The minimum Gasteiger partial charge on any atom is -0.373 e. The van der Waals surface area contributed by atoms with E-state index in [4.69, 9.17) is 5.73 Å². The first-order valence-corrected chi connectivity index (χ1v) is 6.19. The van der Waals surface area contributed by atoms with Crippen molar-refractivity contribution in [1.29, 1.82) is 0 Å². The predicted octanol–water partition coefficient (Wildman–Crippen LogP) is 1.52. The van der Waals surface area contributed by atoms with Crippen LogP contribution in [0.25, 0.3) is 0 Å². The van der Waals surface area contributed by atoms with Crippen LogP contribution in [0.15, 0.2) is 30.6 Å². The molecule has 0 bridgehead atoms. The molecule has 19 heavy (non-hydrogen) atoms. The maximum Gasteiger partial charge on any atom is 0.223 e. The molecular formula is C13H18N6. The predicted molar refractivity (Wildman–Crippen MR) is 77.0 cm³/mol. The van der Waals surface area contributed by atoms with Crippen LogP contribution in [0.5, 0.6) is 0 Å². The average Bonchev–Trinajstić information content (AvgIpc) is 2.45. The van der Waals surface area contributed by atoms with Crippen LogP contribution in [0, 0.1) is 0 Å². The number of anilines is 3. The van der Waals surface area contributed by atoms with Crippen LogP contribution < -0.4 is 16.0 Å². The molecule has 0 aliphatic carbocycles. The van der Waals surface area contributed by atoms with Gasteiger partial charge in [-0.25, -0.2) is 0 Å². The largest absolute Gasteiger partial charge is 0.373 e. The van der Waals surface area contributed by atoms with E-state index in [1.54, 1.807) is 12.4 Å². The third-order valence-corrected chi connectivity index (χ3v) is 2.81. The lowest BCUT2D eigenvalue weighted by molar-refractivity contribution is 0.811. The highest BCUT2D eigenvalue weighted by Gasteiger charge is 2.09. The van der Waals surface area contributed by atoms with Gasteiger partial charge in [0.15, 0.2) is 0 Å². The van der Waals surface area contributed by atoms with Crippen LogP contribution in [0.1, 0.15) is 12.5 Å². The molecule has 0 radical (unpaired) electrons. The van der Waals surface area contributed by atoms with Gasteiger partial charge in [0.25, 0.3) is 0 Å². The molecule has 0 saturated heterocycles. The van der Waals surface area contributed by atoms with Gasteiger partial charge >= 0.3 is 0 Å². The monoisotopic (exact) mass is 258 g/mol. The van der Waals surface area contributed by atoms with E-state index in [0.29, 0.717) is 0 Å². The Morgan fingerprint density at radius 2 is 2.00 bits per heavy atom. The number of aromatic nitrogens is 3. The van der Waals surface area contributed by atoms with Crippen LogP contribution in [-0.4, -0.2) is 28.5 Å². The van der Waals surface area contributed by atoms with Gasteiger partial charge in [-0.2, -0.15) is 9.97 Å². The quantitative estimate of drug-likeness (QED) is 0.846. The first-order chi connectivity index (χ1) is 9.22. The van der Waals surface area contributed by atoms with Crippen molar-refractivity contribution < 1.29 is 0 Å². The fraction of sp³-hybridized carbons (Fsp3) is 0.308. The van der Waals surface area contributed by atoms with E-state index in [9.17, 15) is 0 Å². The third-order valence-electron chi connectivity index (χ3n) is 2.81. The highest BCUT2D eigenvalue weighted by Crippen LogP contribution is 2.18. The average molecular weight is 258 g/mol. The first kappa shape index (κ1) is 13.1. The van der Waals surface area contributed by atoms with Gasteiger partial charge in [0.1, 0.15) is 11.6 Å². The van der Waals surface area contributed by atoms with E-state index >= 15 is 0 Å². The molecule has 2 heterocycles. The van der Waals surface area contributed by atoms with Gasteiger partial charge in [0, 0.05) is 38.6 Å². The lowest BCUT2D eigenvalue weighted by Crippen LogP contribution is -2.23.